The van der Waals surface area contributed by atoms with Crippen molar-refractivity contribution in [2.75, 3.05) is 26.2 Å². The van der Waals surface area contributed by atoms with Crippen molar-refractivity contribution in [1.29, 1.82) is 0 Å². The molecule has 1 aromatic carbocycles. The van der Waals surface area contributed by atoms with Crippen LogP contribution in [0.5, 0.6) is 0 Å². The van der Waals surface area contributed by atoms with E-state index in [1.165, 1.54) is 12.8 Å². The van der Waals surface area contributed by atoms with Crippen molar-refractivity contribution in [3.05, 3.63) is 35.4 Å². The van der Waals surface area contributed by atoms with Crippen LogP contribution in [0.15, 0.2) is 24.3 Å². The standard InChI is InChI=1S/C16H23N3O/c17-12-14-3-1-13(2-4-14)11-16(20)19-9-7-18(8-10-19)15-5-6-15/h1-4,15H,5-12,17H2. The van der Waals surface area contributed by atoms with Crippen LogP contribution in [0.1, 0.15) is 24.0 Å². The minimum atomic E-state index is 0.251. The molecule has 1 saturated heterocycles. The lowest BCUT2D eigenvalue weighted by molar-refractivity contribution is -0.132. The van der Waals surface area contributed by atoms with Gasteiger partial charge in [0.25, 0.3) is 0 Å². The van der Waals surface area contributed by atoms with Crippen LogP contribution in [0.2, 0.25) is 0 Å². The molecule has 0 atom stereocenters. The normalized spacial score (nSPS) is 20.1. The Morgan fingerprint density at radius 2 is 1.65 bits per heavy atom. The lowest BCUT2D eigenvalue weighted by Gasteiger charge is -2.34. The quantitative estimate of drug-likeness (QED) is 0.890. The second-order valence-corrected chi connectivity index (χ2v) is 5.85. The second-order valence-electron chi connectivity index (χ2n) is 5.85. The lowest BCUT2D eigenvalue weighted by Crippen LogP contribution is -2.49. The predicted octanol–water partition coefficient (Wildman–Crippen LogP) is 0.994. The monoisotopic (exact) mass is 273 g/mol. The molecule has 0 spiro atoms. The Bertz CT molecular complexity index is 459. The first-order chi connectivity index (χ1) is 9.76. The Kier molecular flexibility index (Phi) is 4.03. The highest BCUT2D eigenvalue weighted by atomic mass is 16.2. The number of hydrogen-bond acceptors (Lipinski definition) is 3. The summed E-state index contributed by atoms with van der Waals surface area (Å²) in [4.78, 5) is 16.8. The molecule has 0 aromatic heterocycles. The molecule has 0 bridgehead atoms. The van der Waals surface area contributed by atoms with Gasteiger partial charge in [0.2, 0.25) is 5.91 Å². The highest BCUT2D eigenvalue weighted by Crippen LogP contribution is 2.27. The maximum absolute atomic E-state index is 12.3. The smallest absolute Gasteiger partial charge is 0.227 e. The molecule has 1 aliphatic heterocycles. The van der Waals surface area contributed by atoms with E-state index < -0.39 is 0 Å². The molecule has 4 heteroatoms. The van der Waals surface area contributed by atoms with E-state index in [0.29, 0.717) is 13.0 Å². The van der Waals surface area contributed by atoms with Crippen molar-refractivity contribution >= 4 is 5.91 Å². The zero-order chi connectivity index (χ0) is 13.9. The van der Waals surface area contributed by atoms with Crippen molar-refractivity contribution in [2.24, 2.45) is 5.73 Å². The molecule has 2 aliphatic rings. The first-order valence-electron chi connectivity index (χ1n) is 7.56. The van der Waals surface area contributed by atoms with E-state index in [9.17, 15) is 4.79 Å². The van der Waals surface area contributed by atoms with Crippen LogP contribution in [-0.2, 0) is 17.8 Å². The fraction of sp³-hybridized carbons (Fsp3) is 0.562. The topological polar surface area (TPSA) is 49.6 Å². The van der Waals surface area contributed by atoms with E-state index in [1.54, 1.807) is 0 Å². The first kappa shape index (κ1) is 13.6. The second kappa shape index (κ2) is 5.94. The van der Waals surface area contributed by atoms with Crippen LogP contribution in [-0.4, -0.2) is 47.9 Å². The van der Waals surface area contributed by atoms with Crippen LogP contribution in [0.25, 0.3) is 0 Å². The van der Waals surface area contributed by atoms with Gasteiger partial charge in [0.15, 0.2) is 0 Å². The molecular formula is C16H23N3O. The van der Waals surface area contributed by atoms with Crippen LogP contribution < -0.4 is 5.73 Å². The third-order valence-electron chi connectivity index (χ3n) is 4.34. The van der Waals surface area contributed by atoms with E-state index in [0.717, 1.165) is 43.3 Å². The van der Waals surface area contributed by atoms with Gasteiger partial charge in [-0.2, -0.15) is 0 Å². The number of piperazine rings is 1. The summed E-state index contributed by atoms with van der Waals surface area (Å²) in [6, 6.07) is 8.86. The average Bonchev–Trinajstić information content (AvgIpc) is 3.33. The van der Waals surface area contributed by atoms with Crippen molar-refractivity contribution in [3.63, 3.8) is 0 Å². The van der Waals surface area contributed by atoms with Crippen molar-refractivity contribution in [1.82, 2.24) is 9.80 Å². The molecule has 1 heterocycles. The molecule has 1 saturated carbocycles. The molecule has 1 aromatic rings. The SMILES string of the molecule is NCc1ccc(CC(=O)N2CCN(C3CC3)CC2)cc1. The number of carbonyl (C=O) groups excluding carboxylic acids is 1. The molecule has 1 aliphatic carbocycles. The predicted molar refractivity (Wildman–Crippen MR) is 79.2 cm³/mol. The molecule has 2 N–H and O–H groups in total. The highest BCUT2D eigenvalue weighted by Gasteiger charge is 2.32. The molecule has 108 valence electrons. The Morgan fingerprint density at radius 1 is 1.05 bits per heavy atom. The van der Waals surface area contributed by atoms with Gasteiger partial charge in [-0.25, -0.2) is 0 Å². The Balaban J connectivity index is 1.51. The summed E-state index contributed by atoms with van der Waals surface area (Å²) in [6.45, 7) is 4.41. The number of nitrogens with zero attached hydrogens (tertiary/aromatic N) is 2. The molecule has 20 heavy (non-hydrogen) atoms. The summed E-state index contributed by atoms with van der Waals surface area (Å²) < 4.78 is 0. The van der Waals surface area contributed by atoms with Gasteiger partial charge in [0.1, 0.15) is 0 Å². The largest absolute Gasteiger partial charge is 0.340 e. The zero-order valence-electron chi connectivity index (χ0n) is 11.9. The van der Waals surface area contributed by atoms with Crippen molar-refractivity contribution < 1.29 is 4.79 Å². The van der Waals surface area contributed by atoms with E-state index >= 15 is 0 Å². The Hall–Kier alpha value is -1.39. The molecule has 1 amide bonds. The molecular weight excluding hydrogens is 250 g/mol. The van der Waals surface area contributed by atoms with Gasteiger partial charge in [0, 0.05) is 38.8 Å². The summed E-state index contributed by atoms with van der Waals surface area (Å²) in [5, 5.41) is 0. The van der Waals surface area contributed by atoms with E-state index in [4.69, 9.17) is 5.73 Å². The first-order valence-corrected chi connectivity index (χ1v) is 7.56. The van der Waals surface area contributed by atoms with Gasteiger partial charge in [-0.3, -0.25) is 9.69 Å². The summed E-state index contributed by atoms with van der Waals surface area (Å²) >= 11 is 0. The number of nitrogens with two attached hydrogens (primary N) is 1. The van der Waals surface area contributed by atoms with Crippen LogP contribution in [0, 0.1) is 0 Å². The van der Waals surface area contributed by atoms with Crippen molar-refractivity contribution in [2.45, 2.75) is 31.8 Å². The maximum atomic E-state index is 12.3. The number of amides is 1. The van der Waals surface area contributed by atoms with Crippen molar-refractivity contribution in [3.8, 4) is 0 Å². The maximum Gasteiger partial charge on any atom is 0.227 e. The summed E-state index contributed by atoms with van der Waals surface area (Å²) in [6.07, 6.45) is 3.21. The number of carbonyl (C=O) groups is 1. The summed E-state index contributed by atoms with van der Waals surface area (Å²) in [5.74, 6) is 0.251. The van der Waals surface area contributed by atoms with Gasteiger partial charge in [0.05, 0.1) is 6.42 Å². The molecule has 0 unspecified atom stereocenters. The highest BCUT2D eigenvalue weighted by molar-refractivity contribution is 5.78. The number of rotatable bonds is 4. The fourth-order valence-corrected chi connectivity index (χ4v) is 2.86. The molecule has 0 radical (unpaired) electrons. The van der Waals surface area contributed by atoms with Gasteiger partial charge in [-0.1, -0.05) is 24.3 Å². The van der Waals surface area contributed by atoms with Gasteiger partial charge in [-0.15, -0.1) is 0 Å². The fourth-order valence-electron chi connectivity index (χ4n) is 2.86. The third kappa shape index (κ3) is 3.19. The summed E-state index contributed by atoms with van der Waals surface area (Å²) in [7, 11) is 0. The van der Waals surface area contributed by atoms with Gasteiger partial charge < -0.3 is 10.6 Å². The lowest BCUT2D eigenvalue weighted by atomic mass is 10.1. The van der Waals surface area contributed by atoms with E-state index in [1.807, 2.05) is 29.2 Å². The number of benzene rings is 1. The van der Waals surface area contributed by atoms with E-state index in [-0.39, 0.29) is 5.91 Å². The van der Waals surface area contributed by atoms with Gasteiger partial charge >= 0.3 is 0 Å². The third-order valence-corrected chi connectivity index (χ3v) is 4.34. The van der Waals surface area contributed by atoms with Crippen LogP contribution in [0.4, 0.5) is 0 Å². The van der Waals surface area contributed by atoms with Gasteiger partial charge in [-0.05, 0) is 24.0 Å². The Labute approximate surface area is 120 Å². The van der Waals surface area contributed by atoms with Crippen LogP contribution in [0.3, 0.4) is 0 Å². The minimum absolute atomic E-state index is 0.251. The van der Waals surface area contributed by atoms with E-state index in [2.05, 4.69) is 4.90 Å². The number of hydrogen-bond donors (Lipinski definition) is 1. The average molecular weight is 273 g/mol. The molecule has 2 fully saturated rings. The van der Waals surface area contributed by atoms with Crippen LogP contribution >= 0.6 is 0 Å². The Morgan fingerprint density at radius 3 is 2.20 bits per heavy atom. The summed E-state index contributed by atoms with van der Waals surface area (Å²) in [5.41, 5.74) is 7.77. The molecule has 3 rings (SSSR count). The zero-order valence-corrected chi connectivity index (χ0v) is 11.9. The molecule has 4 nitrogen and oxygen atoms in total. The minimum Gasteiger partial charge on any atom is -0.340 e.